The first-order valence-electron chi connectivity index (χ1n) is 6.85. The Morgan fingerprint density at radius 2 is 1.95 bits per heavy atom. The van der Waals surface area contributed by atoms with Crippen LogP contribution in [0.4, 0.5) is 0 Å². The van der Waals surface area contributed by atoms with Gasteiger partial charge in [0.15, 0.2) is 0 Å². The van der Waals surface area contributed by atoms with Crippen molar-refractivity contribution in [1.82, 2.24) is 19.7 Å². The highest BCUT2D eigenvalue weighted by Crippen LogP contribution is 2.14. The van der Waals surface area contributed by atoms with Crippen LogP contribution in [0.1, 0.15) is 12.8 Å². The van der Waals surface area contributed by atoms with Gasteiger partial charge in [-0.3, -0.25) is 0 Å². The normalized spacial score (nSPS) is 16.4. The zero-order valence-electron chi connectivity index (χ0n) is 11.1. The van der Waals surface area contributed by atoms with Crippen molar-refractivity contribution in [3.8, 4) is 5.69 Å². The molecule has 0 saturated carbocycles. The maximum absolute atomic E-state index is 12.4. The van der Waals surface area contributed by atoms with Gasteiger partial charge in [-0.2, -0.15) is 5.10 Å². The van der Waals surface area contributed by atoms with Gasteiger partial charge in [0.2, 0.25) is 0 Å². The average molecular weight is 337 g/mol. The van der Waals surface area contributed by atoms with Crippen molar-refractivity contribution < 1.29 is 0 Å². The maximum atomic E-state index is 12.4. The van der Waals surface area contributed by atoms with Gasteiger partial charge in [-0.25, -0.2) is 14.0 Å². The molecule has 0 unspecified atom stereocenters. The van der Waals surface area contributed by atoms with Gasteiger partial charge >= 0.3 is 5.69 Å². The molecule has 1 aliphatic heterocycles. The summed E-state index contributed by atoms with van der Waals surface area (Å²) < 4.78 is 4.17. The van der Waals surface area contributed by atoms with Crippen LogP contribution in [0, 0.1) is 5.92 Å². The van der Waals surface area contributed by atoms with E-state index < -0.39 is 0 Å². The van der Waals surface area contributed by atoms with Crippen LogP contribution >= 0.6 is 15.9 Å². The molecule has 1 aliphatic rings. The highest BCUT2D eigenvalue weighted by Gasteiger charge is 2.16. The Morgan fingerprint density at radius 1 is 1.25 bits per heavy atom. The van der Waals surface area contributed by atoms with Crippen LogP contribution in [0.25, 0.3) is 5.69 Å². The molecule has 0 aliphatic carbocycles. The van der Waals surface area contributed by atoms with Crippen LogP contribution in [-0.2, 0) is 6.54 Å². The van der Waals surface area contributed by atoms with Crippen molar-refractivity contribution in [2.75, 3.05) is 13.1 Å². The van der Waals surface area contributed by atoms with Gasteiger partial charge in [0.05, 0.1) is 5.69 Å². The highest BCUT2D eigenvalue weighted by molar-refractivity contribution is 9.10. The number of rotatable bonds is 3. The van der Waals surface area contributed by atoms with E-state index in [1.165, 1.54) is 0 Å². The third kappa shape index (κ3) is 2.86. The first-order valence-corrected chi connectivity index (χ1v) is 7.64. The Labute approximate surface area is 125 Å². The second-order valence-corrected chi connectivity index (χ2v) is 6.05. The SMILES string of the molecule is O=c1n(-c2ccc(Br)cc2)cnn1CC1CCNCC1. The summed E-state index contributed by atoms with van der Waals surface area (Å²) in [7, 11) is 0. The predicted molar refractivity (Wildman–Crippen MR) is 81.1 cm³/mol. The molecule has 1 aromatic heterocycles. The summed E-state index contributed by atoms with van der Waals surface area (Å²) in [6.07, 6.45) is 3.82. The van der Waals surface area contributed by atoms with Gasteiger partial charge in [0.25, 0.3) is 0 Å². The molecule has 6 heteroatoms. The second-order valence-electron chi connectivity index (χ2n) is 5.14. The van der Waals surface area contributed by atoms with Crippen LogP contribution < -0.4 is 11.0 Å². The fraction of sp³-hybridized carbons (Fsp3) is 0.429. The zero-order valence-corrected chi connectivity index (χ0v) is 12.7. The standard InChI is InChI=1S/C14H17BrN4O/c15-12-1-3-13(4-2-12)18-10-17-19(14(18)20)9-11-5-7-16-8-6-11/h1-4,10-11,16H,5-9H2. The van der Waals surface area contributed by atoms with Crippen LogP contribution in [0.3, 0.4) is 0 Å². The van der Waals surface area contributed by atoms with Crippen LogP contribution in [0.2, 0.25) is 0 Å². The number of hydrogen-bond donors (Lipinski definition) is 1. The van der Waals surface area contributed by atoms with Gasteiger partial charge in [-0.1, -0.05) is 15.9 Å². The quantitative estimate of drug-likeness (QED) is 0.929. The number of benzene rings is 1. The molecule has 1 saturated heterocycles. The lowest BCUT2D eigenvalue weighted by molar-refractivity contribution is 0.317. The van der Waals surface area contributed by atoms with E-state index in [0.717, 1.165) is 36.1 Å². The Balaban J connectivity index is 1.81. The topological polar surface area (TPSA) is 51.9 Å². The summed E-state index contributed by atoms with van der Waals surface area (Å²) >= 11 is 3.39. The molecule has 0 bridgehead atoms. The predicted octanol–water partition coefficient (Wildman–Crippen LogP) is 1.80. The third-order valence-electron chi connectivity index (χ3n) is 3.73. The number of aromatic nitrogens is 3. The molecular formula is C14H17BrN4O. The molecular weight excluding hydrogens is 320 g/mol. The molecule has 2 aromatic rings. The summed E-state index contributed by atoms with van der Waals surface area (Å²) in [5.41, 5.74) is 0.778. The third-order valence-corrected chi connectivity index (χ3v) is 4.26. The van der Waals surface area contributed by atoms with E-state index in [-0.39, 0.29) is 5.69 Å². The molecule has 3 rings (SSSR count). The number of hydrogen-bond acceptors (Lipinski definition) is 3. The molecule has 1 N–H and O–H groups in total. The van der Waals surface area contributed by atoms with Gasteiger partial charge in [-0.05, 0) is 56.1 Å². The fourth-order valence-corrected chi connectivity index (χ4v) is 2.81. The molecule has 0 radical (unpaired) electrons. The molecule has 5 nitrogen and oxygen atoms in total. The minimum atomic E-state index is -0.0640. The molecule has 0 amide bonds. The largest absolute Gasteiger partial charge is 0.350 e. The first-order chi connectivity index (χ1) is 9.74. The maximum Gasteiger partial charge on any atom is 0.350 e. The molecule has 20 heavy (non-hydrogen) atoms. The molecule has 2 heterocycles. The van der Waals surface area contributed by atoms with Crippen molar-refractivity contribution in [3.63, 3.8) is 0 Å². The minimum absolute atomic E-state index is 0.0640. The number of nitrogens with one attached hydrogen (secondary N) is 1. The summed E-state index contributed by atoms with van der Waals surface area (Å²) in [6.45, 7) is 2.78. The van der Waals surface area contributed by atoms with E-state index in [0.29, 0.717) is 12.5 Å². The van der Waals surface area contributed by atoms with E-state index in [1.807, 2.05) is 24.3 Å². The zero-order chi connectivity index (χ0) is 13.9. The van der Waals surface area contributed by atoms with Crippen LogP contribution in [0.5, 0.6) is 0 Å². The minimum Gasteiger partial charge on any atom is -0.317 e. The Hall–Kier alpha value is -1.40. The van der Waals surface area contributed by atoms with Crippen molar-refractivity contribution >= 4 is 15.9 Å². The van der Waals surface area contributed by atoms with Crippen LogP contribution in [0.15, 0.2) is 39.9 Å². The van der Waals surface area contributed by atoms with E-state index in [4.69, 9.17) is 0 Å². The molecule has 0 atom stereocenters. The lowest BCUT2D eigenvalue weighted by Crippen LogP contribution is -2.33. The van der Waals surface area contributed by atoms with Crippen molar-refractivity contribution in [1.29, 1.82) is 0 Å². The summed E-state index contributed by atoms with van der Waals surface area (Å²) in [5.74, 6) is 0.544. The van der Waals surface area contributed by atoms with E-state index in [2.05, 4.69) is 26.3 Å². The van der Waals surface area contributed by atoms with Crippen molar-refractivity contribution in [3.05, 3.63) is 45.5 Å². The summed E-state index contributed by atoms with van der Waals surface area (Å²) in [4.78, 5) is 12.4. The molecule has 106 valence electrons. The highest BCUT2D eigenvalue weighted by atomic mass is 79.9. The van der Waals surface area contributed by atoms with E-state index >= 15 is 0 Å². The Morgan fingerprint density at radius 3 is 2.65 bits per heavy atom. The number of piperidine rings is 1. The molecule has 1 fully saturated rings. The van der Waals surface area contributed by atoms with Gasteiger partial charge in [0, 0.05) is 11.0 Å². The van der Waals surface area contributed by atoms with Gasteiger partial charge in [0.1, 0.15) is 6.33 Å². The lowest BCUT2D eigenvalue weighted by atomic mass is 9.98. The smallest absolute Gasteiger partial charge is 0.317 e. The summed E-state index contributed by atoms with van der Waals surface area (Å²) in [6, 6.07) is 7.65. The average Bonchev–Trinajstić information content (AvgIpc) is 2.83. The van der Waals surface area contributed by atoms with Crippen LogP contribution in [-0.4, -0.2) is 27.4 Å². The Bertz CT molecular complexity index is 625. The summed E-state index contributed by atoms with van der Waals surface area (Å²) in [5, 5.41) is 7.58. The molecule has 0 spiro atoms. The van der Waals surface area contributed by atoms with Gasteiger partial charge in [-0.15, -0.1) is 0 Å². The van der Waals surface area contributed by atoms with E-state index in [9.17, 15) is 4.79 Å². The number of halogens is 1. The Kier molecular flexibility index (Phi) is 4.03. The van der Waals surface area contributed by atoms with Crippen molar-refractivity contribution in [2.24, 2.45) is 5.92 Å². The van der Waals surface area contributed by atoms with Crippen molar-refractivity contribution in [2.45, 2.75) is 19.4 Å². The molecule has 1 aromatic carbocycles. The van der Waals surface area contributed by atoms with E-state index in [1.54, 1.807) is 15.6 Å². The monoisotopic (exact) mass is 336 g/mol. The van der Waals surface area contributed by atoms with Gasteiger partial charge < -0.3 is 5.32 Å². The first kappa shape index (κ1) is 13.6. The fourth-order valence-electron chi connectivity index (χ4n) is 2.55. The second kappa shape index (κ2) is 5.93. The number of nitrogens with zero attached hydrogens (tertiary/aromatic N) is 3. The lowest BCUT2D eigenvalue weighted by Gasteiger charge is -2.21.